The summed E-state index contributed by atoms with van der Waals surface area (Å²) in [5, 5.41) is 21.0. The predicted molar refractivity (Wildman–Crippen MR) is 123 cm³/mol. The van der Waals surface area contributed by atoms with Crippen LogP contribution in [0.5, 0.6) is 0 Å². The predicted octanol–water partition coefficient (Wildman–Crippen LogP) is 3.41. The molecular weight excluding hydrogens is 426 g/mol. The quantitative estimate of drug-likeness (QED) is 0.704. The number of carboxylic acids is 1. The van der Waals surface area contributed by atoms with Gasteiger partial charge in [-0.25, -0.2) is 12.7 Å². The summed E-state index contributed by atoms with van der Waals surface area (Å²) in [6.07, 6.45) is 7.21. The molecule has 5 rings (SSSR count). The highest BCUT2D eigenvalue weighted by molar-refractivity contribution is 7.89. The molecule has 1 aromatic rings. The molecule has 2 unspecified atom stereocenters. The number of fused-ring (bicyclic) bond motifs is 4. The Morgan fingerprint density at radius 2 is 1.84 bits per heavy atom. The number of benzene rings is 1. The molecule has 3 aliphatic carbocycles. The molecule has 1 spiro atoms. The Hall–Kier alpha value is -1.70. The summed E-state index contributed by atoms with van der Waals surface area (Å²) in [5.74, 6) is -1.10. The van der Waals surface area contributed by atoms with Gasteiger partial charge in [-0.1, -0.05) is 50.3 Å². The maximum Gasteiger partial charge on any atom is 0.306 e. The molecule has 1 aromatic carbocycles. The summed E-state index contributed by atoms with van der Waals surface area (Å²) in [6.45, 7) is 4.92. The zero-order valence-electron chi connectivity index (χ0n) is 18.9. The van der Waals surface area contributed by atoms with Gasteiger partial charge in [-0.3, -0.25) is 4.79 Å². The largest absolute Gasteiger partial charge is 0.481 e. The van der Waals surface area contributed by atoms with E-state index < -0.39 is 38.8 Å². The van der Waals surface area contributed by atoms with Gasteiger partial charge in [0.05, 0.1) is 17.8 Å². The number of aliphatic hydroxyl groups is 1. The number of sulfonamides is 1. The van der Waals surface area contributed by atoms with E-state index in [2.05, 4.69) is 24.3 Å². The summed E-state index contributed by atoms with van der Waals surface area (Å²) >= 11 is 0. The monoisotopic (exact) mass is 459 g/mol. The first-order valence-corrected chi connectivity index (χ1v) is 13.3. The molecule has 0 amide bonds. The molecule has 6 nitrogen and oxygen atoms in total. The molecule has 0 aromatic heterocycles. The van der Waals surface area contributed by atoms with Crippen LogP contribution in [0.3, 0.4) is 0 Å². The lowest BCUT2D eigenvalue weighted by Gasteiger charge is -2.48. The maximum absolute atomic E-state index is 13.7. The second-order valence-corrected chi connectivity index (χ2v) is 13.0. The zero-order valence-corrected chi connectivity index (χ0v) is 19.7. The van der Waals surface area contributed by atoms with E-state index in [4.69, 9.17) is 0 Å². The lowest BCUT2D eigenvalue weighted by atomic mass is 9.63. The summed E-state index contributed by atoms with van der Waals surface area (Å²) in [6, 6.07) is 8.31. The fourth-order valence-electron chi connectivity index (χ4n) is 7.61. The van der Waals surface area contributed by atoms with Gasteiger partial charge in [0, 0.05) is 23.9 Å². The number of aliphatic carboxylic acids is 1. The van der Waals surface area contributed by atoms with Gasteiger partial charge in [-0.15, -0.1) is 0 Å². The molecule has 32 heavy (non-hydrogen) atoms. The molecule has 174 valence electrons. The van der Waals surface area contributed by atoms with Gasteiger partial charge in [0.1, 0.15) is 0 Å². The molecule has 7 heteroatoms. The topological polar surface area (TPSA) is 94.9 Å². The van der Waals surface area contributed by atoms with Crippen molar-refractivity contribution in [1.29, 1.82) is 0 Å². The Kier molecular flexibility index (Phi) is 4.77. The molecule has 4 aliphatic rings. The van der Waals surface area contributed by atoms with Gasteiger partial charge in [0.25, 0.3) is 0 Å². The standard InChI is InChI=1S/C25H33NO5S/c1-22(2)19-8-10-24(22,25(29,15-19)16-21(27)28)17-32(30,31)26-13-11-23(12-14-26)9-7-18-5-3-4-6-20(18)23/h3-7,9,19,29H,8,10-17H2,1-2H3,(H,27,28)/t19?,24?,25-/m0/s1. The van der Waals surface area contributed by atoms with Crippen LogP contribution in [0.15, 0.2) is 30.3 Å². The molecule has 1 aliphatic heterocycles. The number of allylic oxidation sites excluding steroid dienone is 1. The molecule has 1 heterocycles. The van der Waals surface area contributed by atoms with Crippen molar-refractivity contribution in [3.8, 4) is 0 Å². The van der Waals surface area contributed by atoms with Crippen molar-refractivity contribution in [3.63, 3.8) is 0 Å². The number of piperidine rings is 1. The van der Waals surface area contributed by atoms with Crippen LogP contribution < -0.4 is 0 Å². The van der Waals surface area contributed by atoms with E-state index in [1.807, 2.05) is 26.0 Å². The Morgan fingerprint density at radius 1 is 1.16 bits per heavy atom. The summed E-state index contributed by atoms with van der Waals surface area (Å²) < 4.78 is 29.0. The molecule has 3 fully saturated rings. The van der Waals surface area contributed by atoms with Crippen LogP contribution in [0, 0.1) is 16.7 Å². The smallest absolute Gasteiger partial charge is 0.306 e. The third-order valence-corrected chi connectivity index (χ3v) is 11.6. The van der Waals surface area contributed by atoms with E-state index in [0.29, 0.717) is 25.9 Å². The highest BCUT2D eigenvalue weighted by Crippen LogP contribution is 2.71. The number of hydrogen-bond donors (Lipinski definition) is 2. The van der Waals surface area contributed by atoms with Crippen LogP contribution in [0.1, 0.15) is 63.5 Å². The minimum absolute atomic E-state index is 0.101. The SMILES string of the molecule is CC1(C)C2CCC1(CS(=O)(=O)N1CCC3(C=Cc4ccccc43)CC1)[C@@](O)(CC(=O)O)C2. The van der Waals surface area contributed by atoms with E-state index in [1.54, 1.807) is 4.31 Å². The second-order valence-electron chi connectivity index (χ2n) is 11.1. The van der Waals surface area contributed by atoms with Crippen molar-refractivity contribution < 1.29 is 23.4 Å². The third kappa shape index (κ3) is 2.90. The molecule has 0 radical (unpaired) electrons. The van der Waals surface area contributed by atoms with Gasteiger partial charge in [0.15, 0.2) is 0 Å². The van der Waals surface area contributed by atoms with Crippen molar-refractivity contribution in [2.24, 2.45) is 16.7 Å². The summed E-state index contributed by atoms with van der Waals surface area (Å²) in [7, 11) is -3.66. The average Bonchev–Trinajstić information content (AvgIpc) is 3.23. The lowest BCUT2D eigenvalue weighted by Crippen LogP contribution is -2.56. The Morgan fingerprint density at radius 3 is 2.50 bits per heavy atom. The average molecular weight is 460 g/mol. The van der Waals surface area contributed by atoms with Gasteiger partial charge >= 0.3 is 5.97 Å². The first kappa shape index (κ1) is 22.1. The minimum atomic E-state index is -3.66. The fourth-order valence-corrected chi connectivity index (χ4v) is 9.94. The molecule has 2 saturated carbocycles. The van der Waals surface area contributed by atoms with Gasteiger partial charge in [0.2, 0.25) is 10.0 Å². The van der Waals surface area contributed by atoms with Crippen LogP contribution in [0.2, 0.25) is 0 Å². The summed E-state index contributed by atoms with van der Waals surface area (Å²) in [4.78, 5) is 11.6. The van der Waals surface area contributed by atoms with E-state index in [0.717, 1.165) is 19.3 Å². The highest BCUT2D eigenvalue weighted by Gasteiger charge is 2.72. The Labute approximate surface area is 190 Å². The van der Waals surface area contributed by atoms with Crippen LogP contribution in [0.25, 0.3) is 6.08 Å². The number of carbonyl (C=O) groups is 1. The maximum atomic E-state index is 13.7. The third-order valence-electron chi connectivity index (χ3n) is 9.61. The van der Waals surface area contributed by atoms with Gasteiger partial charge in [-0.05, 0) is 54.6 Å². The van der Waals surface area contributed by atoms with Gasteiger partial charge in [-0.2, -0.15) is 0 Å². The van der Waals surface area contributed by atoms with Crippen molar-refractivity contribution in [2.45, 2.75) is 63.4 Å². The molecular formula is C25H33NO5S. The summed E-state index contributed by atoms with van der Waals surface area (Å²) in [5.41, 5.74) is -0.447. The molecule has 2 N–H and O–H groups in total. The van der Waals surface area contributed by atoms with Crippen LogP contribution >= 0.6 is 0 Å². The fraction of sp³-hybridized carbons (Fsp3) is 0.640. The molecule has 2 bridgehead atoms. The van der Waals surface area contributed by atoms with Gasteiger partial charge < -0.3 is 10.2 Å². The molecule has 1 saturated heterocycles. The molecule has 3 atom stereocenters. The van der Waals surface area contributed by atoms with Crippen LogP contribution in [-0.2, 0) is 20.2 Å². The Bertz CT molecular complexity index is 1090. The van der Waals surface area contributed by atoms with Crippen LogP contribution in [-0.4, -0.2) is 53.3 Å². The Balaban J connectivity index is 1.39. The minimum Gasteiger partial charge on any atom is -0.481 e. The van der Waals surface area contributed by atoms with E-state index in [1.165, 1.54) is 11.1 Å². The number of carboxylic acid groups (broad SMARTS) is 1. The van der Waals surface area contributed by atoms with Crippen molar-refractivity contribution in [3.05, 3.63) is 41.5 Å². The lowest BCUT2D eigenvalue weighted by molar-refractivity contribution is -0.152. The first-order valence-electron chi connectivity index (χ1n) is 11.7. The zero-order chi connectivity index (χ0) is 23.0. The van der Waals surface area contributed by atoms with Crippen LogP contribution in [0.4, 0.5) is 0 Å². The van der Waals surface area contributed by atoms with Crippen molar-refractivity contribution >= 4 is 22.1 Å². The number of rotatable bonds is 5. The van der Waals surface area contributed by atoms with Crippen molar-refractivity contribution in [2.75, 3.05) is 18.8 Å². The second kappa shape index (κ2) is 6.90. The van der Waals surface area contributed by atoms with E-state index in [-0.39, 0.29) is 17.1 Å². The first-order chi connectivity index (χ1) is 14.9. The van der Waals surface area contributed by atoms with Crippen molar-refractivity contribution in [1.82, 2.24) is 4.31 Å². The van der Waals surface area contributed by atoms with E-state index in [9.17, 15) is 23.4 Å². The number of nitrogens with zero attached hydrogens (tertiary/aromatic N) is 1. The number of hydrogen-bond acceptors (Lipinski definition) is 4. The van der Waals surface area contributed by atoms with E-state index >= 15 is 0 Å². The normalized spacial score (nSPS) is 34.8. The highest BCUT2D eigenvalue weighted by atomic mass is 32.2.